The summed E-state index contributed by atoms with van der Waals surface area (Å²) in [6.45, 7) is 0.355. The van der Waals surface area contributed by atoms with Gasteiger partial charge in [0.15, 0.2) is 9.84 Å². The smallest absolute Gasteiger partial charge is 0.339 e. The highest BCUT2D eigenvalue weighted by Gasteiger charge is 2.46. The SMILES string of the molecule is CS(=O)(=O)c1ccccc1NC(=O)[C@H]1C(=O)N(C2CC2)CC[C@@H]1c1cccc(C(F)(F)F)c1. The van der Waals surface area contributed by atoms with Crippen molar-refractivity contribution in [3.05, 3.63) is 59.7 Å². The van der Waals surface area contributed by atoms with Crippen molar-refractivity contribution < 1.29 is 31.2 Å². The third kappa shape index (κ3) is 4.90. The van der Waals surface area contributed by atoms with Gasteiger partial charge in [-0.15, -0.1) is 0 Å². The summed E-state index contributed by atoms with van der Waals surface area (Å²) in [4.78, 5) is 28.2. The van der Waals surface area contributed by atoms with E-state index in [4.69, 9.17) is 0 Å². The Morgan fingerprint density at radius 3 is 2.39 bits per heavy atom. The number of hydrogen-bond acceptors (Lipinski definition) is 4. The van der Waals surface area contributed by atoms with Crippen LogP contribution in [0.3, 0.4) is 0 Å². The second-order valence-corrected chi connectivity index (χ2v) is 10.5. The molecule has 4 rings (SSSR count). The van der Waals surface area contributed by atoms with Gasteiger partial charge < -0.3 is 10.2 Å². The van der Waals surface area contributed by atoms with Crippen molar-refractivity contribution in [3.63, 3.8) is 0 Å². The molecule has 2 aromatic rings. The van der Waals surface area contributed by atoms with Gasteiger partial charge in [0.1, 0.15) is 5.92 Å². The number of carbonyl (C=O) groups is 2. The molecule has 1 aliphatic carbocycles. The van der Waals surface area contributed by atoms with Gasteiger partial charge in [-0.25, -0.2) is 8.42 Å². The Morgan fingerprint density at radius 1 is 1.06 bits per heavy atom. The van der Waals surface area contributed by atoms with Crippen molar-refractivity contribution in [2.75, 3.05) is 18.1 Å². The van der Waals surface area contributed by atoms with E-state index in [0.717, 1.165) is 31.2 Å². The van der Waals surface area contributed by atoms with Gasteiger partial charge in [-0.05, 0) is 43.0 Å². The van der Waals surface area contributed by atoms with E-state index in [1.807, 2.05) is 0 Å². The fourth-order valence-corrected chi connectivity index (χ4v) is 5.20. The minimum atomic E-state index is -4.55. The Kier molecular flexibility index (Phi) is 5.98. The lowest BCUT2D eigenvalue weighted by molar-refractivity contribution is -0.145. The van der Waals surface area contributed by atoms with Crippen molar-refractivity contribution in [1.82, 2.24) is 4.90 Å². The third-order valence-corrected chi connectivity index (χ3v) is 7.24. The summed E-state index contributed by atoms with van der Waals surface area (Å²) in [5.74, 6) is -3.21. The third-order valence-electron chi connectivity index (χ3n) is 6.09. The molecule has 1 aliphatic heterocycles. The van der Waals surface area contributed by atoms with Gasteiger partial charge in [-0.2, -0.15) is 13.2 Å². The van der Waals surface area contributed by atoms with E-state index in [1.165, 1.54) is 30.3 Å². The molecule has 6 nitrogen and oxygen atoms in total. The van der Waals surface area contributed by atoms with Crippen LogP contribution in [0.1, 0.15) is 36.3 Å². The van der Waals surface area contributed by atoms with Crippen LogP contribution in [-0.2, 0) is 25.6 Å². The van der Waals surface area contributed by atoms with E-state index < -0.39 is 45.2 Å². The van der Waals surface area contributed by atoms with Crippen molar-refractivity contribution in [2.45, 2.75) is 42.3 Å². The zero-order valence-electron chi connectivity index (χ0n) is 17.8. The Hall–Kier alpha value is -2.88. The minimum absolute atomic E-state index is 0.0316. The van der Waals surface area contributed by atoms with Gasteiger partial charge in [0, 0.05) is 24.8 Å². The first-order chi connectivity index (χ1) is 15.5. The monoisotopic (exact) mass is 480 g/mol. The van der Waals surface area contributed by atoms with E-state index in [0.29, 0.717) is 13.0 Å². The van der Waals surface area contributed by atoms with E-state index >= 15 is 0 Å². The summed E-state index contributed by atoms with van der Waals surface area (Å²) < 4.78 is 64.0. The summed E-state index contributed by atoms with van der Waals surface area (Å²) in [5.41, 5.74) is -0.562. The zero-order chi connectivity index (χ0) is 24.0. The second kappa shape index (κ2) is 8.48. The number of hydrogen-bond donors (Lipinski definition) is 1. The van der Waals surface area contributed by atoms with Gasteiger partial charge in [0.25, 0.3) is 0 Å². The van der Waals surface area contributed by atoms with E-state index in [9.17, 15) is 31.2 Å². The maximum Gasteiger partial charge on any atom is 0.416 e. The number of carbonyl (C=O) groups excluding carboxylic acids is 2. The molecular formula is C23H23F3N2O4S. The number of rotatable bonds is 5. The summed E-state index contributed by atoms with van der Waals surface area (Å²) >= 11 is 0. The number of nitrogens with one attached hydrogen (secondary N) is 1. The molecule has 10 heteroatoms. The predicted molar refractivity (Wildman–Crippen MR) is 115 cm³/mol. The Morgan fingerprint density at radius 2 is 1.76 bits per heavy atom. The topological polar surface area (TPSA) is 83.5 Å². The minimum Gasteiger partial charge on any atom is -0.339 e. The molecule has 2 aliphatic rings. The van der Waals surface area contributed by atoms with E-state index in [1.54, 1.807) is 11.0 Å². The lowest BCUT2D eigenvalue weighted by Crippen LogP contribution is -2.50. The Balaban J connectivity index is 1.70. The number of piperidine rings is 1. The predicted octanol–water partition coefficient (Wildman–Crippen LogP) is 3.84. The molecule has 0 bridgehead atoms. The maximum atomic E-state index is 13.3. The molecule has 0 aromatic heterocycles. The zero-order valence-corrected chi connectivity index (χ0v) is 18.6. The van der Waals surface area contributed by atoms with Crippen LogP contribution in [-0.4, -0.2) is 44.0 Å². The Labute approximate surface area is 189 Å². The molecule has 1 heterocycles. The lowest BCUT2D eigenvalue weighted by atomic mass is 9.78. The molecule has 2 fully saturated rings. The van der Waals surface area contributed by atoms with Crippen LogP contribution < -0.4 is 5.32 Å². The lowest BCUT2D eigenvalue weighted by Gasteiger charge is -2.37. The van der Waals surface area contributed by atoms with Crippen LogP contribution in [0.2, 0.25) is 0 Å². The number of likely N-dealkylation sites (tertiary alicyclic amines) is 1. The van der Waals surface area contributed by atoms with Crippen LogP contribution in [0.5, 0.6) is 0 Å². The first-order valence-electron chi connectivity index (χ1n) is 10.5. The largest absolute Gasteiger partial charge is 0.416 e. The molecule has 0 radical (unpaired) electrons. The summed E-state index contributed by atoms with van der Waals surface area (Å²) in [7, 11) is -3.66. The molecule has 33 heavy (non-hydrogen) atoms. The number of halogens is 3. The second-order valence-electron chi connectivity index (χ2n) is 8.52. The number of para-hydroxylation sites is 1. The molecule has 0 unspecified atom stereocenters. The number of alkyl halides is 3. The van der Waals surface area contributed by atoms with Crippen molar-refractivity contribution in [3.8, 4) is 0 Å². The highest BCUT2D eigenvalue weighted by Crippen LogP contribution is 2.41. The quantitative estimate of drug-likeness (QED) is 0.660. The van der Waals surface area contributed by atoms with Crippen LogP contribution in [0.4, 0.5) is 18.9 Å². The maximum absolute atomic E-state index is 13.3. The van der Waals surface area contributed by atoms with Crippen molar-refractivity contribution in [1.29, 1.82) is 0 Å². The number of nitrogens with zero attached hydrogens (tertiary/aromatic N) is 1. The van der Waals surface area contributed by atoms with E-state index in [-0.39, 0.29) is 22.2 Å². The molecule has 176 valence electrons. The fourth-order valence-electron chi connectivity index (χ4n) is 4.36. The molecule has 0 spiro atoms. The molecular weight excluding hydrogens is 457 g/mol. The van der Waals surface area contributed by atoms with Gasteiger partial charge in [0.2, 0.25) is 11.8 Å². The highest BCUT2D eigenvalue weighted by molar-refractivity contribution is 7.90. The molecule has 1 saturated heterocycles. The molecule has 1 saturated carbocycles. The number of benzene rings is 2. The van der Waals surface area contributed by atoms with Gasteiger partial charge in [0.05, 0.1) is 16.1 Å². The van der Waals surface area contributed by atoms with Crippen molar-refractivity contribution >= 4 is 27.3 Å². The first kappa shape index (κ1) is 23.3. The molecule has 1 N–H and O–H groups in total. The highest BCUT2D eigenvalue weighted by atomic mass is 32.2. The van der Waals surface area contributed by atoms with Crippen molar-refractivity contribution in [2.24, 2.45) is 5.92 Å². The molecule has 2 amide bonds. The normalized spacial score (nSPS) is 21.7. The van der Waals surface area contributed by atoms with Gasteiger partial charge in [-0.1, -0.05) is 30.3 Å². The van der Waals surface area contributed by atoms with Gasteiger partial charge in [-0.3, -0.25) is 9.59 Å². The molecule has 2 aromatic carbocycles. The summed E-state index contributed by atoms with van der Waals surface area (Å²) in [5, 5.41) is 2.55. The van der Waals surface area contributed by atoms with E-state index in [2.05, 4.69) is 5.32 Å². The number of amides is 2. The number of sulfone groups is 1. The average Bonchev–Trinajstić information content (AvgIpc) is 3.57. The average molecular weight is 481 g/mol. The fraction of sp³-hybridized carbons (Fsp3) is 0.391. The van der Waals surface area contributed by atoms with Crippen LogP contribution in [0.25, 0.3) is 0 Å². The summed E-state index contributed by atoms with van der Waals surface area (Å²) in [6, 6.07) is 10.5. The molecule has 2 atom stereocenters. The van der Waals surface area contributed by atoms with Crippen LogP contribution >= 0.6 is 0 Å². The van der Waals surface area contributed by atoms with Gasteiger partial charge >= 0.3 is 6.18 Å². The summed E-state index contributed by atoms with van der Waals surface area (Å²) in [6.07, 6.45) is -1.57. The Bertz CT molecular complexity index is 1190. The van der Waals surface area contributed by atoms with Crippen LogP contribution in [0.15, 0.2) is 53.4 Å². The first-order valence-corrected chi connectivity index (χ1v) is 12.4. The standard InChI is InChI=1S/C23H23F3N2O4S/c1-33(31,32)19-8-3-2-7-18(19)27-21(29)20-17(11-12-28(22(20)30)16-9-10-16)14-5-4-6-15(13-14)23(24,25)26/h2-8,13,16-17,20H,9-12H2,1H3,(H,27,29)/t17-,20+/m1/s1. The van der Waals surface area contributed by atoms with Crippen LogP contribution in [0, 0.1) is 5.92 Å². The number of anilines is 1.